The van der Waals surface area contributed by atoms with Gasteiger partial charge in [0.2, 0.25) is 5.91 Å². The van der Waals surface area contributed by atoms with Crippen molar-refractivity contribution in [2.75, 3.05) is 13.6 Å². The van der Waals surface area contributed by atoms with Crippen LogP contribution in [0.1, 0.15) is 31.7 Å². The van der Waals surface area contributed by atoms with Crippen LogP contribution in [0.25, 0.3) is 0 Å². The fourth-order valence-electron chi connectivity index (χ4n) is 3.33. The molecule has 26 heavy (non-hydrogen) atoms. The van der Waals surface area contributed by atoms with Crippen LogP contribution in [0.4, 0.5) is 4.79 Å². The quantitative estimate of drug-likeness (QED) is 0.802. The summed E-state index contributed by atoms with van der Waals surface area (Å²) in [6.45, 7) is 2.49. The Balaban J connectivity index is 1.60. The fourth-order valence-corrected chi connectivity index (χ4v) is 3.33. The Kier molecular flexibility index (Phi) is 5.41. The number of carbonyl (C=O) groups is 3. The third kappa shape index (κ3) is 3.65. The maximum absolute atomic E-state index is 12.7. The third-order valence-electron chi connectivity index (χ3n) is 4.79. The third-order valence-corrected chi connectivity index (χ3v) is 4.79. The molecule has 2 aliphatic heterocycles. The van der Waals surface area contributed by atoms with E-state index < -0.39 is 6.04 Å². The molecule has 0 radical (unpaired) electrons. The zero-order chi connectivity index (χ0) is 18.7. The number of carbonyl (C=O) groups excluding carboxylic acids is 3. The maximum atomic E-state index is 12.7. The molecule has 2 fully saturated rings. The maximum Gasteiger partial charge on any atom is 0.345 e. The molecule has 0 aromatic heterocycles. The van der Waals surface area contributed by atoms with Crippen LogP contribution < -0.4 is 5.43 Å². The van der Waals surface area contributed by atoms with Gasteiger partial charge in [-0.15, -0.1) is 0 Å². The number of rotatable bonds is 5. The number of hydrogen-bond donors (Lipinski definition) is 1. The summed E-state index contributed by atoms with van der Waals surface area (Å²) in [6, 6.07) is 8.69. The first-order valence-corrected chi connectivity index (χ1v) is 8.85. The Hall–Kier alpha value is -2.61. The van der Waals surface area contributed by atoms with Crippen molar-refractivity contribution >= 4 is 17.8 Å². The minimum atomic E-state index is -0.587. The van der Waals surface area contributed by atoms with Gasteiger partial charge in [-0.1, -0.05) is 37.3 Å². The first kappa shape index (κ1) is 18.2. The zero-order valence-electron chi connectivity index (χ0n) is 15.1. The minimum absolute atomic E-state index is 0.0507. The summed E-state index contributed by atoms with van der Waals surface area (Å²) in [5.41, 5.74) is 3.55. The summed E-state index contributed by atoms with van der Waals surface area (Å²) in [6.07, 6.45) is 1.52. The predicted octanol–water partition coefficient (Wildman–Crippen LogP) is 1.29. The molecule has 4 amide bonds. The van der Waals surface area contributed by atoms with Crippen LogP contribution in [0.2, 0.25) is 0 Å². The lowest BCUT2D eigenvalue weighted by molar-refractivity contribution is -0.142. The van der Waals surface area contributed by atoms with Crippen LogP contribution >= 0.6 is 0 Å². The molecule has 1 N–H and O–H groups in total. The molecule has 8 nitrogen and oxygen atoms in total. The van der Waals surface area contributed by atoms with Crippen molar-refractivity contribution in [3.8, 4) is 0 Å². The van der Waals surface area contributed by atoms with E-state index >= 15 is 0 Å². The number of hydroxylamine groups is 2. The Morgan fingerprint density at radius 3 is 2.69 bits per heavy atom. The van der Waals surface area contributed by atoms with Crippen molar-refractivity contribution < 1.29 is 19.2 Å². The molecule has 0 saturated carbocycles. The second-order valence-electron chi connectivity index (χ2n) is 6.55. The van der Waals surface area contributed by atoms with Crippen LogP contribution in [0, 0.1) is 0 Å². The van der Waals surface area contributed by atoms with Gasteiger partial charge >= 0.3 is 6.03 Å². The highest BCUT2D eigenvalue weighted by atomic mass is 16.7. The number of piperidine rings is 1. The standard InChI is InChI=1S/C18H24N4O4/c1-3-16(23)20(2)19-17(24)15-10-9-14-11-21(15)18(25)22(14)26-12-13-7-5-4-6-8-13/h4-8,14-15H,3,9-12H2,1-2H3,(H,19,24). The second kappa shape index (κ2) is 7.74. The Morgan fingerprint density at radius 1 is 1.27 bits per heavy atom. The van der Waals surface area contributed by atoms with Gasteiger partial charge in [0.1, 0.15) is 12.6 Å². The monoisotopic (exact) mass is 360 g/mol. The number of hydrogen-bond acceptors (Lipinski definition) is 4. The van der Waals surface area contributed by atoms with E-state index in [9.17, 15) is 14.4 Å². The van der Waals surface area contributed by atoms with Crippen LogP contribution in [0.3, 0.4) is 0 Å². The molecule has 1 aromatic carbocycles. The van der Waals surface area contributed by atoms with Gasteiger partial charge in [-0.25, -0.2) is 4.79 Å². The van der Waals surface area contributed by atoms with E-state index in [4.69, 9.17) is 4.84 Å². The lowest BCUT2D eigenvalue weighted by atomic mass is 10.0. The molecule has 0 spiro atoms. The first-order valence-electron chi connectivity index (χ1n) is 8.85. The van der Waals surface area contributed by atoms with Gasteiger partial charge in [0.15, 0.2) is 0 Å². The van der Waals surface area contributed by atoms with Crippen LogP contribution in [0.5, 0.6) is 0 Å². The fraction of sp³-hybridized carbons (Fsp3) is 0.500. The molecule has 3 rings (SSSR count). The topological polar surface area (TPSA) is 82.2 Å². The molecule has 2 unspecified atom stereocenters. The molecular formula is C18H24N4O4. The summed E-state index contributed by atoms with van der Waals surface area (Å²) in [5.74, 6) is -0.529. The van der Waals surface area contributed by atoms with Crippen molar-refractivity contribution in [3.05, 3.63) is 35.9 Å². The van der Waals surface area contributed by atoms with E-state index in [0.29, 0.717) is 32.4 Å². The Bertz CT molecular complexity index is 681. The lowest BCUT2D eigenvalue weighted by Crippen LogP contribution is -2.54. The zero-order valence-corrected chi connectivity index (χ0v) is 15.1. The molecule has 1 aromatic rings. The summed E-state index contributed by atoms with van der Waals surface area (Å²) < 4.78 is 0. The van der Waals surface area contributed by atoms with Crippen LogP contribution in [-0.2, 0) is 21.0 Å². The highest BCUT2D eigenvalue weighted by Gasteiger charge is 2.48. The van der Waals surface area contributed by atoms with Crippen molar-refractivity contribution in [2.45, 2.75) is 44.9 Å². The largest absolute Gasteiger partial charge is 0.345 e. The highest BCUT2D eigenvalue weighted by Crippen LogP contribution is 2.30. The molecule has 2 heterocycles. The van der Waals surface area contributed by atoms with Gasteiger partial charge in [-0.2, -0.15) is 5.06 Å². The van der Waals surface area contributed by atoms with Gasteiger partial charge in [-0.05, 0) is 18.4 Å². The SMILES string of the molecule is CCC(=O)N(C)NC(=O)C1CCC2CN1C(=O)N2OCc1ccccc1. The van der Waals surface area contributed by atoms with Crippen molar-refractivity contribution in [3.63, 3.8) is 0 Å². The summed E-state index contributed by atoms with van der Waals surface area (Å²) in [4.78, 5) is 44.0. The van der Waals surface area contributed by atoms with E-state index in [1.165, 1.54) is 22.0 Å². The number of nitrogens with zero attached hydrogens (tertiary/aromatic N) is 3. The predicted molar refractivity (Wildman–Crippen MR) is 93.2 cm³/mol. The number of nitrogens with one attached hydrogen (secondary N) is 1. The van der Waals surface area contributed by atoms with Crippen LogP contribution in [-0.4, -0.2) is 58.5 Å². The number of benzene rings is 1. The number of fused-ring (bicyclic) bond motifs is 2. The van der Waals surface area contributed by atoms with Crippen molar-refractivity contribution in [2.24, 2.45) is 0 Å². The van der Waals surface area contributed by atoms with E-state index in [1.807, 2.05) is 30.3 Å². The van der Waals surface area contributed by atoms with Gasteiger partial charge in [0, 0.05) is 20.0 Å². The van der Waals surface area contributed by atoms with E-state index in [2.05, 4.69) is 5.43 Å². The second-order valence-corrected chi connectivity index (χ2v) is 6.55. The van der Waals surface area contributed by atoms with Crippen LogP contribution in [0.15, 0.2) is 30.3 Å². The van der Waals surface area contributed by atoms with E-state index in [0.717, 1.165) is 5.56 Å². The van der Waals surface area contributed by atoms with E-state index in [-0.39, 0.29) is 23.9 Å². The number of urea groups is 1. The molecule has 140 valence electrons. The van der Waals surface area contributed by atoms with Gasteiger partial charge < -0.3 is 4.90 Å². The summed E-state index contributed by atoms with van der Waals surface area (Å²) in [7, 11) is 1.51. The minimum Gasteiger partial charge on any atom is -0.309 e. The molecule has 0 aliphatic carbocycles. The average Bonchev–Trinajstić information content (AvgIpc) is 2.90. The first-order chi connectivity index (χ1) is 12.5. The number of hydrazine groups is 1. The molecule has 2 aliphatic rings. The molecule has 2 saturated heterocycles. The molecule has 2 atom stereocenters. The average molecular weight is 360 g/mol. The molecular weight excluding hydrogens is 336 g/mol. The van der Waals surface area contributed by atoms with E-state index in [1.54, 1.807) is 6.92 Å². The van der Waals surface area contributed by atoms with Gasteiger partial charge in [-0.3, -0.25) is 24.9 Å². The number of amides is 4. The van der Waals surface area contributed by atoms with Crippen molar-refractivity contribution in [1.82, 2.24) is 20.4 Å². The Labute approximate surface area is 152 Å². The van der Waals surface area contributed by atoms with Gasteiger partial charge in [0.25, 0.3) is 5.91 Å². The molecule has 2 bridgehead atoms. The lowest BCUT2D eigenvalue weighted by Gasteiger charge is -2.30. The van der Waals surface area contributed by atoms with Gasteiger partial charge in [0.05, 0.1) is 6.04 Å². The smallest absolute Gasteiger partial charge is 0.309 e. The highest BCUT2D eigenvalue weighted by molar-refractivity contribution is 5.89. The summed E-state index contributed by atoms with van der Waals surface area (Å²) >= 11 is 0. The summed E-state index contributed by atoms with van der Waals surface area (Å²) in [5, 5.41) is 2.57. The normalized spacial score (nSPS) is 21.7. The Morgan fingerprint density at radius 2 is 2.00 bits per heavy atom. The van der Waals surface area contributed by atoms with Crippen molar-refractivity contribution in [1.29, 1.82) is 0 Å². The molecule has 8 heteroatoms.